The quantitative estimate of drug-likeness (QED) is 0.773. The first-order valence-electron chi connectivity index (χ1n) is 7.75. The predicted octanol–water partition coefficient (Wildman–Crippen LogP) is 1.41. The fourth-order valence-electron chi connectivity index (χ4n) is 3.17. The van der Waals surface area contributed by atoms with Crippen molar-refractivity contribution in [2.24, 2.45) is 0 Å². The summed E-state index contributed by atoms with van der Waals surface area (Å²) in [7, 11) is -2.64. The molecule has 142 valence electrons. The van der Waals surface area contributed by atoms with Crippen LogP contribution in [-0.4, -0.2) is 55.2 Å². The zero-order valence-electron chi connectivity index (χ0n) is 13.7. The summed E-state index contributed by atoms with van der Waals surface area (Å²) in [5, 5.41) is 2.60. The molecule has 1 aromatic rings. The second-order valence-corrected chi connectivity index (χ2v) is 8.24. The lowest BCUT2D eigenvalue weighted by Crippen LogP contribution is -2.55. The summed E-state index contributed by atoms with van der Waals surface area (Å²) in [5.74, 6) is -0.408. The largest absolute Gasteiger partial charge is 0.416 e. The first-order chi connectivity index (χ1) is 12.0. The topological polar surface area (TPSA) is 86.8 Å². The number of likely N-dealkylation sites (N-methyl/N-ethyl adjacent to an activating group) is 1. The Morgan fingerprint density at radius 1 is 1.08 bits per heavy atom. The lowest BCUT2D eigenvalue weighted by Gasteiger charge is -2.36. The van der Waals surface area contributed by atoms with Gasteiger partial charge in [0.05, 0.1) is 10.5 Å². The van der Waals surface area contributed by atoms with Gasteiger partial charge in [0.2, 0.25) is 10.0 Å². The number of amides is 3. The third-order valence-electron chi connectivity index (χ3n) is 4.76. The zero-order chi connectivity index (χ0) is 19.3. The van der Waals surface area contributed by atoms with Crippen LogP contribution in [0, 0.1) is 0 Å². The fraction of sp³-hybridized carbons (Fsp3) is 0.467. The van der Waals surface area contributed by atoms with Gasteiger partial charge < -0.3 is 5.32 Å². The van der Waals surface area contributed by atoms with E-state index < -0.39 is 39.2 Å². The highest BCUT2D eigenvalue weighted by atomic mass is 32.2. The normalized spacial score (nSPS) is 21.3. The van der Waals surface area contributed by atoms with E-state index in [9.17, 15) is 31.2 Å². The third kappa shape index (κ3) is 2.94. The minimum atomic E-state index is -4.55. The van der Waals surface area contributed by atoms with E-state index in [1.807, 2.05) is 0 Å². The number of nitrogens with one attached hydrogen (secondary N) is 1. The number of benzene rings is 1. The minimum absolute atomic E-state index is 0.0246. The van der Waals surface area contributed by atoms with Crippen molar-refractivity contribution in [3.8, 4) is 0 Å². The van der Waals surface area contributed by atoms with Crippen molar-refractivity contribution >= 4 is 22.0 Å². The van der Waals surface area contributed by atoms with Crippen molar-refractivity contribution in [3.05, 3.63) is 29.8 Å². The number of piperidine rings is 1. The van der Waals surface area contributed by atoms with Gasteiger partial charge in [-0.1, -0.05) is 0 Å². The number of hydrogen-bond acceptors (Lipinski definition) is 4. The Hall–Kier alpha value is -2.14. The van der Waals surface area contributed by atoms with Crippen molar-refractivity contribution in [2.45, 2.75) is 29.5 Å². The Labute approximate surface area is 147 Å². The third-order valence-corrected chi connectivity index (χ3v) is 6.67. The van der Waals surface area contributed by atoms with Crippen LogP contribution in [0.25, 0.3) is 0 Å². The van der Waals surface area contributed by atoms with Crippen LogP contribution in [0.4, 0.5) is 18.0 Å². The lowest BCUT2D eigenvalue weighted by molar-refractivity contribution is -0.137. The van der Waals surface area contributed by atoms with E-state index >= 15 is 0 Å². The number of carbonyl (C=O) groups excluding carboxylic acids is 2. The second kappa shape index (κ2) is 5.95. The number of halogens is 3. The molecule has 0 saturated carbocycles. The molecule has 11 heteroatoms. The Kier molecular flexibility index (Phi) is 4.26. The molecule has 0 atom stereocenters. The van der Waals surface area contributed by atoms with Gasteiger partial charge in [0.1, 0.15) is 5.54 Å². The maximum Gasteiger partial charge on any atom is 0.416 e. The predicted molar refractivity (Wildman–Crippen MR) is 83.5 cm³/mol. The number of imide groups is 1. The van der Waals surface area contributed by atoms with Gasteiger partial charge in [0, 0.05) is 20.1 Å². The maximum absolute atomic E-state index is 12.6. The van der Waals surface area contributed by atoms with Crippen molar-refractivity contribution in [3.63, 3.8) is 0 Å². The summed E-state index contributed by atoms with van der Waals surface area (Å²) in [6, 6.07) is 2.73. The molecule has 0 aliphatic carbocycles. The van der Waals surface area contributed by atoms with Crippen LogP contribution in [0.15, 0.2) is 29.2 Å². The number of alkyl halides is 3. The van der Waals surface area contributed by atoms with Gasteiger partial charge in [-0.15, -0.1) is 0 Å². The summed E-state index contributed by atoms with van der Waals surface area (Å²) in [6.07, 6.45) is -4.35. The molecule has 0 radical (unpaired) electrons. The molecule has 7 nitrogen and oxygen atoms in total. The Morgan fingerprint density at radius 3 is 2.04 bits per heavy atom. The molecule has 2 saturated heterocycles. The number of urea groups is 1. The monoisotopic (exact) mass is 391 g/mol. The molecular weight excluding hydrogens is 375 g/mol. The van der Waals surface area contributed by atoms with Crippen molar-refractivity contribution < 1.29 is 31.2 Å². The molecule has 0 unspecified atom stereocenters. The van der Waals surface area contributed by atoms with E-state index in [0.717, 1.165) is 21.3 Å². The number of carbonyl (C=O) groups is 2. The van der Waals surface area contributed by atoms with Gasteiger partial charge >= 0.3 is 12.2 Å². The van der Waals surface area contributed by atoms with Crippen molar-refractivity contribution in [1.29, 1.82) is 0 Å². The van der Waals surface area contributed by atoms with Gasteiger partial charge in [-0.3, -0.25) is 9.69 Å². The highest BCUT2D eigenvalue weighted by Gasteiger charge is 2.52. The van der Waals surface area contributed by atoms with Gasteiger partial charge in [-0.05, 0) is 37.1 Å². The van der Waals surface area contributed by atoms with E-state index in [1.165, 1.54) is 7.05 Å². The minimum Gasteiger partial charge on any atom is -0.323 e. The van der Waals surface area contributed by atoms with Crippen molar-refractivity contribution in [2.75, 3.05) is 20.1 Å². The molecule has 2 heterocycles. The van der Waals surface area contributed by atoms with E-state index in [2.05, 4.69) is 5.32 Å². The summed E-state index contributed by atoms with van der Waals surface area (Å²) >= 11 is 0. The van der Waals surface area contributed by atoms with Crippen LogP contribution in [0.3, 0.4) is 0 Å². The van der Waals surface area contributed by atoms with Crippen LogP contribution in [0.5, 0.6) is 0 Å². The molecule has 2 fully saturated rings. The number of rotatable bonds is 2. The molecule has 1 spiro atoms. The van der Waals surface area contributed by atoms with Crippen LogP contribution in [0.2, 0.25) is 0 Å². The molecule has 1 aromatic carbocycles. The SMILES string of the molecule is CN1C(=O)NC2(CCN(S(=O)(=O)c3ccc(C(F)(F)F)cc3)CC2)C1=O. The summed E-state index contributed by atoms with van der Waals surface area (Å²) in [4.78, 5) is 24.6. The number of sulfonamides is 1. The summed E-state index contributed by atoms with van der Waals surface area (Å²) in [5.41, 5.74) is -2.05. The summed E-state index contributed by atoms with van der Waals surface area (Å²) < 4.78 is 64.2. The second-order valence-electron chi connectivity index (χ2n) is 6.30. The average Bonchev–Trinajstić information content (AvgIpc) is 2.79. The van der Waals surface area contributed by atoms with Crippen LogP contribution in [0.1, 0.15) is 18.4 Å². The molecule has 3 amide bonds. The molecule has 2 aliphatic rings. The van der Waals surface area contributed by atoms with Gasteiger partial charge in [-0.2, -0.15) is 17.5 Å². The fourth-order valence-corrected chi connectivity index (χ4v) is 4.61. The highest BCUT2D eigenvalue weighted by molar-refractivity contribution is 7.89. The standard InChI is InChI=1S/C15H16F3N3O4S/c1-20-12(22)14(19-13(20)23)6-8-21(9-7-14)26(24,25)11-4-2-10(3-5-11)15(16,17)18/h2-5H,6-9H2,1H3,(H,19,23). The summed E-state index contributed by atoms with van der Waals surface area (Å²) in [6.45, 7) is -0.0492. The van der Waals surface area contributed by atoms with Gasteiger partial charge in [0.25, 0.3) is 5.91 Å². The van der Waals surface area contributed by atoms with Crippen LogP contribution < -0.4 is 5.32 Å². The first-order valence-corrected chi connectivity index (χ1v) is 9.19. The van der Waals surface area contributed by atoms with Gasteiger partial charge in [-0.25, -0.2) is 13.2 Å². The van der Waals surface area contributed by atoms with E-state index in [-0.39, 0.29) is 30.8 Å². The highest BCUT2D eigenvalue weighted by Crippen LogP contribution is 2.33. The molecule has 2 aliphatic heterocycles. The molecule has 1 N–H and O–H groups in total. The van der Waals surface area contributed by atoms with E-state index in [1.54, 1.807) is 0 Å². The maximum atomic E-state index is 12.6. The lowest BCUT2D eigenvalue weighted by atomic mass is 9.88. The van der Waals surface area contributed by atoms with Crippen LogP contribution >= 0.6 is 0 Å². The Bertz CT molecular complexity index is 844. The van der Waals surface area contributed by atoms with E-state index in [0.29, 0.717) is 12.1 Å². The Morgan fingerprint density at radius 2 is 1.62 bits per heavy atom. The molecule has 3 rings (SSSR count). The number of nitrogens with zero attached hydrogens (tertiary/aromatic N) is 2. The van der Waals surface area contributed by atoms with Gasteiger partial charge in [0.15, 0.2) is 0 Å². The van der Waals surface area contributed by atoms with Crippen molar-refractivity contribution in [1.82, 2.24) is 14.5 Å². The molecular formula is C15H16F3N3O4S. The van der Waals surface area contributed by atoms with E-state index in [4.69, 9.17) is 0 Å². The number of hydrogen-bond donors (Lipinski definition) is 1. The molecule has 0 aromatic heterocycles. The average molecular weight is 391 g/mol. The molecule has 0 bridgehead atoms. The first kappa shape index (κ1) is 18.6. The zero-order valence-corrected chi connectivity index (χ0v) is 14.5. The Balaban J connectivity index is 1.76. The smallest absolute Gasteiger partial charge is 0.323 e. The van der Waals surface area contributed by atoms with Crippen LogP contribution in [-0.2, 0) is 21.0 Å². The molecule has 26 heavy (non-hydrogen) atoms.